The Balaban J connectivity index is 5.36. The van der Waals surface area contributed by atoms with Gasteiger partial charge >= 0.3 is 11.9 Å². The highest BCUT2D eigenvalue weighted by molar-refractivity contribution is 7.98. The predicted octanol–water partition coefficient (Wildman–Crippen LogP) is -1.04. The molecule has 0 saturated carbocycles. The summed E-state index contributed by atoms with van der Waals surface area (Å²) < 4.78 is 0. The number of nitrogens with two attached hydrogens (primary N) is 2. The van der Waals surface area contributed by atoms with Crippen molar-refractivity contribution in [2.45, 2.75) is 62.7 Å². The number of rotatable bonds is 19. The molecule has 3 amide bonds. The third kappa shape index (κ3) is 13.6. The largest absolute Gasteiger partial charge is 0.481 e. The number of amides is 3. The van der Waals surface area contributed by atoms with Crippen LogP contribution >= 0.6 is 23.5 Å². The lowest BCUT2D eigenvalue weighted by Gasteiger charge is -2.24. The van der Waals surface area contributed by atoms with Gasteiger partial charge in [-0.05, 0) is 56.2 Å². The molecular weight excluding hydrogens is 486 g/mol. The molecule has 0 aliphatic heterocycles. The van der Waals surface area contributed by atoms with E-state index in [4.69, 9.17) is 11.5 Å². The molecule has 0 fully saturated rings. The predicted molar refractivity (Wildman–Crippen MR) is 133 cm³/mol. The van der Waals surface area contributed by atoms with E-state index >= 15 is 0 Å². The molecule has 4 unspecified atom stereocenters. The first-order valence-corrected chi connectivity index (χ1v) is 13.6. The Labute approximate surface area is 208 Å². The Morgan fingerprint density at radius 1 is 0.765 bits per heavy atom. The van der Waals surface area contributed by atoms with Gasteiger partial charge in [0.05, 0.1) is 12.5 Å². The molecule has 14 heteroatoms. The fraction of sp³-hybridized carbons (Fsp3) is 0.750. The van der Waals surface area contributed by atoms with Crippen molar-refractivity contribution in [1.82, 2.24) is 16.0 Å². The number of unbranched alkanes of at least 4 members (excludes halogenated alkanes) is 1. The molecule has 196 valence electrons. The van der Waals surface area contributed by atoms with Gasteiger partial charge in [-0.1, -0.05) is 6.42 Å². The molecule has 9 N–H and O–H groups in total. The van der Waals surface area contributed by atoms with Crippen LogP contribution in [0.15, 0.2) is 0 Å². The molecule has 0 bridgehead atoms. The van der Waals surface area contributed by atoms with Gasteiger partial charge in [0.2, 0.25) is 17.7 Å². The Morgan fingerprint density at radius 3 is 1.76 bits per heavy atom. The summed E-state index contributed by atoms with van der Waals surface area (Å²) in [5.74, 6) is -3.89. The molecule has 0 aromatic heterocycles. The maximum Gasteiger partial charge on any atom is 0.326 e. The quantitative estimate of drug-likeness (QED) is 0.102. The van der Waals surface area contributed by atoms with Crippen molar-refractivity contribution < 1.29 is 34.2 Å². The van der Waals surface area contributed by atoms with E-state index in [0.29, 0.717) is 37.3 Å². The first-order chi connectivity index (χ1) is 16.1. The Bertz CT molecular complexity index is 684. The maximum atomic E-state index is 12.9. The van der Waals surface area contributed by atoms with Gasteiger partial charge in [0, 0.05) is 0 Å². The molecule has 34 heavy (non-hydrogen) atoms. The summed E-state index contributed by atoms with van der Waals surface area (Å²) in [6.45, 7) is 0.472. The Morgan fingerprint density at radius 2 is 1.26 bits per heavy atom. The molecule has 0 aromatic rings. The summed E-state index contributed by atoms with van der Waals surface area (Å²) in [6.07, 6.45) is 4.93. The van der Waals surface area contributed by atoms with Gasteiger partial charge in [-0.15, -0.1) is 0 Å². The normalized spacial score (nSPS) is 14.4. The minimum atomic E-state index is -1.52. The molecule has 0 rings (SSSR count). The number of thioether (sulfide) groups is 2. The molecule has 0 saturated heterocycles. The van der Waals surface area contributed by atoms with Gasteiger partial charge in [-0.25, -0.2) is 4.79 Å². The lowest BCUT2D eigenvalue weighted by Crippen LogP contribution is -2.57. The van der Waals surface area contributed by atoms with Crippen LogP contribution in [0.4, 0.5) is 0 Å². The summed E-state index contributed by atoms with van der Waals surface area (Å²) in [4.78, 5) is 60.6. The number of carbonyl (C=O) groups excluding carboxylic acids is 3. The minimum absolute atomic E-state index is 0.129. The molecule has 0 aliphatic rings. The van der Waals surface area contributed by atoms with Crippen LogP contribution in [0.2, 0.25) is 0 Å². The van der Waals surface area contributed by atoms with Crippen LogP contribution in [0.25, 0.3) is 0 Å². The van der Waals surface area contributed by atoms with E-state index in [1.54, 1.807) is 6.26 Å². The highest BCUT2D eigenvalue weighted by Gasteiger charge is 2.31. The zero-order chi connectivity index (χ0) is 26.1. The van der Waals surface area contributed by atoms with Crippen molar-refractivity contribution >= 4 is 53.2 Å². The van der Waals surface area contributed by atoms with Gasteiger partial charge in [-0.2, -0.15) is 23.5 Å². The number of hydrogen-bond donors (Lipinski definition) is 7. The fourth-order valence-electron chi connectivity index (χ4n) is 2.84. The highest BCUT2D eigenvalue weighted by atomic mass is 32.2. The zero-order valence-corrected chi connectivity index (χ0v) is 21.2. The van der Waals surface area contributed by atoms with E-state index in [0.717, 1.165) is 0 Å². The average Bonchev–Trinajstić information content (AvgIpc) is 2.77. The fourth-order valence-corrected chi connectivity index (χ4v) is 3.79. The third-order valence-corrected chi connectivity index (χ3v) is 6.07. The van der Waals surface area contributed by atoms with Crippen molar-refractivity contribution in [3.05, 3.63) is 0 Å². The molecule has 0 spiro atoms. The molecule has 0 aliphatic carbocycles. The summed E-state index contributed by atoms with van der Waals surface area (Å²) in [5, 5.41) is 25.7. The van der Waals surface area contributed by atoms with E-state index in [1.165, 1.54) is 23.5 Å². The maximum absolute atomic E-state index is 12.9. The average molecular weight is 524 g/mol. The summed E-state index contributed by atoms with van der Waals surface area (Å²) in [6, 6.07) is -4.64. The lowest BCUT2D eigenvalue weighted by molar-refractivity contribution is -0.143. The Kier molecular flexibility index (Phi) is 17.2. The lowest BCUT2D eigenvalue weighted by atomic mass is 10.1. The van der Waals surface area contributed by atoms with E-state index in [-0.39, 0.29) is 12.8 Å². The van der Waals surface area contributed by atoms with Gasteiger partial charge in [-0.3, -0.25) is 19.2 Å². The third-order valence-electron chi connectivity index (χ3n) is 4.79. The summed E-state index contributed by atoms with van der Waals surface area (Å²) in [7, 11) is 0. The second-order valence-corrected chi connectivity index (χ2v) is 9.54. The molecule has 12 nitrogen and oxygen atoms in total. The van der Waals surface area contributed by atoms with Crippen molar-refractivity contribution in [2.24, 2.45) is 11.5 Å². The second-order valence-electron chi connectivity index (χ2n) is 7.57. The van der Waals surface area contributed by atoms with Crippen LogP contribution in [0.5, 0.6) is 0 Å². The van der Waals surface area contributed by atoms with Crippen LogP contribution < -0.4 is 27.4 Å². The highest BCUT2D eigenvalue weighted by Crippen LogP contribution is 2.06. The van der Waals surface area contributed by atoms with Gasteiger partial charge in [0.25, 0.3) is 0 Å². The smallest absolute Gasteiger partial charge is 0.326 e. The minimum Gasteiger partial charge on any atom is -0.481 e. The Hall–Kier alpha value is -2.03. The molecule has 0 heterocycles. The number of carbonyl (C=O) groups is 5. The number of aliphatic carboxylic acids is 2. The van der Waals surface area contributed by atoms with E-state index in [9.17, 15) is 34.2 Å². The van der Waals surface area contributed by atoms with Crippen molar-refractivity contribution in [3.63, 3.8) is 0 Å². The number of carboxylic acid groups (broad SMARTS) is 2. The van der Waals surface area contributed by atoms with E-state index in [1.807, 2.05) is 6.26 Å². The topological polar surface area (TPSA) is 214 Å². The molecule has 0 radical (unpaired) electrons. The van der Waals surface area contributed by atoms with E-state index < -0.39 is 60.2 Å². The molecular formula is C20H37N5O7S2. The van der Waals surface area contributed by atoms with Crippen molar-refractivity contribution in [2.75, 3.05) is 30.6 Å². The van der Waals surface area contributed by atoms with Crippen LogP contribution in [-0.4, -0.2) is 94.6 Å². The van der Waals surface area contributed by atoms with Gasteiger partial charge < -0.3 is 37.6 Å². The molecule has 4 atom stereocenters. The monoisotopic (exact) mass is 523 g/mol. The summed E-state index contributed by atoms with van der Waals surface area (Å²) in [5.41, 5.74) is 11.3. The van der Waals surface area contributed by atoms with Crippen LogP contribution in [-0.2, 0) is 24.0 Å². The van der Waals surface area contributed by atoms with Crippen LogP contribution in [0.3, 0.4) is 0 Å². The van der Waals surface area contributed by atoms with Crippen molar-refractivity contribution in [1.29, 1.82) is 0 Å². The van der Waals surface area contributed by atoms with Gasteiger partial charge in [0.15, 0.2) is 0 Å². The first-order valence-electron chi connectivity index (χ1n) is 10.9. The van der Waals surface area contributed by atoms with Gasteiger partial charge in [0.1, 0.15) is 18.1 Å². The number of nitrogens with one attached hydrogen (secondary N) is 3. The standard InChI is InChI=1S/C20H37N5O7S2/c1-33-9-6-13(23-17(28)12(22)5-3-4-8-21)18(29)25-15(11-16(26)27)19(30)24-14(20(31)32)7-10-34-2/h12-15H,3-11,21-22H2,1-2H3,(H,23,28)(H,24,30)(H,25,29)(H,26,27)(H,31,32). The SMILES string of the molecule is CSCCC(NC(=O)C(CC(=O)O)NC(=O)C(CCSC)NC(=O)C(N)CCCCN)C(=O)O. The van der Waals surface area contributed by atoms with E-state index in [2.05, 4.69) is 16.0 Å². The first kappa shape index (κ1) is 32.0. The second kappa shape index (κ2) is 18.3. The summed E-state index contributed by atoms with van der Waals surface area (Å²) >= 11 is 2.83. The molecule has 0 aromatic carbocycles. The zero-order valence-electron chi connectivity index (χ0n) is 19.6. The van der Waals surface area contributed by atoms with Crippen LogP contribution in [0.1, 0.15) is 38.5 Å². The number of hydrogen-bond acceptors (Lipinski definition) is 9. The number of carboxylic acids is 2. The van der Waals surface area contributed by atoms with Crippen LogP contribution in [0, 0.1) is 0 Å². The van der Waals surface area contributed by atoms with Crippen molar-refractivity contribution in [3.8, 4) is 0 Å².